The van der Waals surface area contributed by atoms with E-state index in [9.17, 15) is 14.4 Å². The number of nitrogens with one attached hydrogen (secondary N) is 1. The maximum absolute atomic E-state index is 13.3. The Morgan fingerprint density at radius 3 is 2.47 bits per heavy atom. The van der Waals surface area contributed by atoms with Gasteiger partial charge in [0.25, 0.3) is 0 Å². The Hall–Kier alpha value is -3.84. The number of esters is 2. The van der Waals surface area contributed by atoms with Gasteiger partial charge in [-0.25, -0.2) is 9.59 Å². The van der Waals surface area contributed by atoms with E-state index >= 15 is 0 Å². The molecule has 174 valence electrons. The zero-order valence-electron chi connectivity index (χ0n) is 18.9. The Labute approximate surface area is 200 Å². The minimum absolute atomic E-state index is 0.0192. The van der Waals surface area contributed by atoms with Gasteiger partial charge in [0.15, 0.2) is 0 Å². The summed E-state index contributed by atoms with van der Waals surface area (Å²) < 4.78 is 16.5. The van der Waals surface area contributed by atoms with Crippen molar-refractivity contribution in [3.05, 3.63) is 92.4 Å². The van der Waals surface area contributed by atoms with Crippen molar-refractivity contribution < 1.29 is 23.5 Å². The first-order valence-corrected chi connectivity index (χ1v) is 10.9. The molecule has 0 fully saturated rings. The van der Waals surface area contributed by atoms with E-state index in [0.717, 1.165) is 0 Å². The van der Waals surface area contributed by atoms with Gasteiger partial charge in [-0.2, -0.15) is 0 Å². The van der Waals surface area contributed by atoms with Crippen LogP contribution in [0.1, 0.15) is 25.3 Å². The van der Waals surface area contributed by atoms with Crippen LogP contribution in [0.2, 0.25) is 5.02 Å². The van der Waals surface area contributed by atoms with Gasteiger partial charge in [-0.1, -0.05) is 36.4 Å². The molecule has 0 aliphatic carbocycles. The molecule has 1 unspecified atom stereocenters. The molecule has 2 heterocycles. The number of hydrogen-bond acceptors (Lipinski definition) is 7. The Bertz CT molecular complexity index is 1480. The lowest BCUT2D eigenvalue weighted by atomic mass is 9.79. The van der Waals surface area contributed by atoms with Crippen molar-refractivity contribution in [3.8, 4) is 0 Å². The molecule has 34 heavy (non-hydrogen) atoms. The van der Waals surface area contributed by atoms with Crippen LogP contribution in [0.3, 0.4) is 0 Å². The topological polar surface area (TPSA) is 94.8 Å². The second-order valence-corrected chi connectivity index (χ2v) is 8.25. The third kappa shape index (κ3) is 3.88. The lowest BCUT2D eigenvalue weighted by Gasteiger charge is -2.30. The molecule has 0 saturated heterocycles. The number of ether oxygens (including phenoxy) is 2. The summed E-state index contributed by atoms with van der Waals surface area (Å²) in [4.78, 5) is 39.3. The van der Waals surface area contributed by atoms with Crippen molar-refractivity contribution in [2.24, 2.45) is 0 Å². The highest BCUT2D eigenvalue weighted by Gasteiger charge is 2.39. The minimum Gasteiger partial charge on any atom is -0.466 e. The van der Waals surface area contributed by atoms with Crippen LogP contribution in [0, 0.1) is 0 Å². The first-order valence-electron chi connectivity index (χ1n) is 10.5. The van der Waals surface area contributed by atoms with Crippen LogP contribution in [0.4, 0.5) is 0 Å². The third-order valence-corrected chi connectivity index (χ3v) is 5.92. The summed E-state index contributed by atoms with van der Waals surface area (Å²) in [6, 6.07) is 9.94. The Morgan fingerprint density at radius 2 is 1.79 bits per heavy atom. The van der Waals surface area contributed by atoms with Gasteiger partial charge < -0.3 is 19.2 Å². The zero-order chi connectivity index (χ0) is 24.6. The first-order chi connectivity index (χ1) is 16.3. The molecule has 0 saturated carbocycles. The largest absolute Gasteiger partial charge is 0.466 e. The van der Waals surface area contributed by atoms with Gasteiger partial charge in [0.1, 0.15) is 17.8 Å². The molecule has 1 aliphatic rings. The molecule has 0 radical (unpaired) electrons. The van der Waals surface area contributed by atoms with Crippen molar-refractivity contribution in [2.45, 2.75) is 19.8 Å². The normalized spacial score (nSPS) is 15.9. The van der Waals surface area contributed by atoms with E-state index < -0.39 is 17.9 Å². The summed E-state index contributed by atoms with van der Waals surface area (Å²) in [5.74, 6) is -2.26. The highest BCUT2D eigenvalue weighted by molar-refractivity contribution is 6.31. The maximum Gasteiger partial charge on any atom is 0.337 e. The number of halogens is 1. The van der Waals surface area contributed by atoms with Crippen LogP contribution in [0.5, 0.6) is 0 Å². The molecule has 1 aromatic heterocycles. The molecular formula is C26H22ClNO6. The molecular weight excluding hydrogens is 458 g/mol. The van der Waals surface area contributed by atoms with E-state index in [1.807, 2.05) is 0 Å². The van der Waals surface area contributed by atoms with Gasteiger partial charge in [-0.05, 0) is 38.1 Å². The van der Waals surface area contributed by atoms with Gasteiger partial charge in [0, 0.05) is 22.0 Å². The summed E-state index contributed by atoms with van der Waals surface area (Å²) in [7, 11) is 1.25. The van der Waals surface area contributed by atoms with Gasteiger partial charge in [-0.3, -0.25) is 4.79 Å². The average molecular weight is 480 g/mol. The van der Waals surface area contributed by atoms with Gasteiger partial charge in [0.05, 0.1) is 34.9 Å². The van der Waals surface area contributed by atoms with Gasteiger partial charge in [0.2, 0.25) is 5.43 Å². The predicted molar refractivity (Wildman–Crippen MR) is 129 cm³/mol. The monoisotopic (exact) mass is 479 g/mol. The van der Waals surface area contributed by atoms with Crippen molar-refractivity contribution >= 4 is 45.5 Å². The number of fused-ring (bicyclic) bond motifs is 2. The fourth-order valence-corrected chi connectivity index (χ4v) is 4.51. The number of dihydropyridines is 1. The number of hydrogen-bond donors (Lipinski definition) is 1. The fraction of sp³-hybridized carbons (Fsp3) is 0.192. The molecule has 1 atom stereocenters. The molecule has 3 aromatic rings. The van der Waals surface area contributed by atoms with E-state index in [0.29, 0.717) is 27.9 Å². The number of benzene rings is 2. The Kier molecular flexibility index (Phi) is 6.30. The molecule has 2 aromatic carbocycles. The molecule has 1 N–H and O–H groups in total. The van der Waals surface area contributed by atoms with Crippen LogP contribution >= 0.6 is 11.6 Å². The number of carbonyl (C=O) groups excluding carboxylic acids is 2. The molecule has 7 nitrogen and oxygen atoms in total. The standard InChI is InChI=1S/C26H22ClNO6/c1-5-10-33-26(31)21-14(3)28-13(2)20(25(30)32-4)22(21)17-11-15(27)12-18-23(29)16-8-6-7-9-19(16)34-24(17)18/h5-9,11-12,22,28H,1,10H2,2-4H3. The molecule has 0 bridgehead atoms. The SMILES string of the molecule is C=CCOC(=O)C1=C(C)NC(C)=C(C(=O)OC)C1c1cc(Cl)cc2c(=O)c3ccccc3oc12. The third-order valence-electron chi connectivity index (χ3n) is 5.70. The lowest BCUT2D eigenvalue weighted by Crippen LogP contribution is -2.32. The summed E-state index contributed by atoms with van der Waals surface area (Å²) >= 11 is 6.44. The van der Waals surface area contributed by atoms with Crippen LogP contribution in [-0.2, 0) is 19.1 Å². The van der Waals surface area contributed by atoms with E-state index in [4.69, 9.17) is 25.5 Å². The van der Waals surface area contributed by atoms with Crippen molar-refractivity contribution in [1.82, 2.24) is 5.32 Å². The zero-order valence-corrected chi connectivity index (χ0v) is 19.6. The van der Waals surface area contributed by atoms with Crippen LogP contribution in [0.15, 0.2) is 80.8 Å². The quantitative estimate of drug-likeness (QED) is 0.321. The Balaban J connectivity index is 2.10. The molecule has 1 aliphatic heterocycles. The average Bonchev–Trinajstić information content (AvgIpc) is 2.82. The summed E-state index contributed by atoms with van der Waals surface area (Å²) in [6.07, 6.45) is 1.45. The predicted octanol–water partition coefficient (Wildman–Crippen LogP) is 4.74. The van der Waals surface area contributed by atoms with Crippen LogP contribution < -0.4 is 10.7 Å². The Morgan fingerprint density at radius 1 is 1.12 bits per heavy atom. The van der Waals surface area contributed by atoms with Crippen molar-refractivity contribution in [1.29, 1.82) is 0 Å². The summed E-state index contributed by atoms with van der Waals surface area (Å²) in [5.41, 5.74) is 2.02. The second-order valence-electron chi connectivity index (χ2n) is 7.81. The number of allylic oxidation sites excluding steroid dienone is 2. The molecule has 0 amide bonds. The highest BCUT2D eigenvalue weighted by atomic mass is 35.5. The van der Waals surface area contributed by atoms with Gasteiger partial charge >= 0.3 is 11.9 Å². The van der Waals surface area contributed by atoms with Crippen LogP contribution in [0.25, 0.3) is 21.9 Å². The smallest absolute Gasteiger partial charge is 0.337 e. The second kappa shape index (κ2) is 9.19. The van der Waals surface area contributed by atoms with Crippen LogP contribution in [-0.4, -0.2) is 25.7 Å². The van der Waals surface area contributed by atoms with Gasteiger partial charge in [-0.15, -0.1) is 0 Å². The minimum atomic E-state index is -0.962. The van der Waals surface area contributed by atoms with E-state index in [-0.39, 0.29) is 39.2 Å². The molecule has 0 spiro atoms. The van der Waals surface area contributed by atoms with E-state index in [2.05, 4.69) is 11.9 Å². The first kappa shape index (κ1) is 23.3. The highest BCUT2D eigenvalue weighted by Crippen LogP contribution is 2.43. The van der Waals surface area contributed by atoms with Crippen molar-refractivity contribution in [2.75, 3.05) is 13.7 Å². The number of rotatable bonds is 5. The van der Waals surface area contributed by atoms with E-state index in [1.54, 1.807) is 44.2 Å². The molecule has 4 rings (SSSR count). The summed E-state index contributed by atoms with van der Waals surface area (Å²) in [6.45, 7) is 6.96. The maximum atomic E-state index is 13.3. The lowest BCUT2D eigenvalue weighted by molar-refractivity contribution is -0.138. The van der Waals surface area contributed by atoms with Crippen molar-refractivity contribution in [3.63, 3.8) is 0 Å². The fourth-order valence-electron chi connectivity index (χ4n) is 4.28. The molecule has 8 heteroatoms. The number of carbonyl (C=O) groups is 2. The number of para-hydroxylation sites is 1. The van der Waals surface area contributed by atoms with E-state index in [1.165, 1.54) is 19.3 Å². The number of methoxy groups -OCH3 is 1. The summed E-state index contributed by atoms with van der Waals surface area (Å²) in [5, 5.41) is 3.94.